The number of hydrogen-bond acceptors (Lipinski definition) is 5. The summed E-state index contributed by atoms with van der Waals surface area (Å²) in [5.41, 5.74) is 0.588. The third-order valence-corrected chi connectivity index (χ3v) is 3.25. The van der Waals surface area contributed by atoms with Crippen LogP contribution in [0.25, 0.3) is 0 Å². The summed E-state index contributed by atoms with van der Waals surface area (Å²) in [7, 11) is 1.54. The number of hydrogen-bond donors (Lipinski definition) is 0. The summed E-state index contributed by atoms with van der Waals surface area (Å²) >= 11 is 0. The SMILES string of the molecule is COc1ccccc1C=O.c1ccc(N2CCOCC2)nc1. The van der Waals surface area contributed by atoms with Crippen LogP contribution in [0.15, 0.2) is 48.7 Å². The monoisotopic (exact) mass is 300 g/mol. The fourth-order valence-corrected chi connectivity index (χ4v) is 2.10. The predicted octanol–water partition coefficient (Wildman–Crippen LogP) is 2.43. The molecule has 1 aliphatic rings. The van der Waals surface area contributed by atoms with Crippen LogP contribution in [-0.2, 0) is 4.74 Å². The van der Waals surface area contributed by atoms with Gasteiger partial charge in [0.25, 0.3) is 0 Å². The van der Waals surface area contributed by atoms with Crippen molar-refractivity contribution in [2.24, 2.45) is 0 Å². The second-order valence-corrected chi connectivity index (χ2v) is 4.65. The van der Waals surface area contributed by atoms with Gasteiger partial charge in [-0.15, -0.1) is 0 Å². The summed E-state index contributed by atoms with van der Waals surface area (Å²) in [6.45, 7) is 3.54. The van der Waals surface area contributed by atoms with Crippen LogP contribution in [-0.4, -0.2) is 44.7 Å². The smallest absolute Gasteiger partial charge is 0.153 e. The lowest BCUT2D eigenvalue weighted by atomic mass is 10.2. The number of methoxy groups -OCH3 is 1. The van der Waals surface area contributed by atoms with Crippen molar-refractivity contribution in [3.8, 4) is 5.75 Å². The van der Waals surface area contributed by atoms with Crippen molar-refractivity contribution < 1.29 is 14.3 Å². The predicted molar refractivity (Wildman–Crippen MR) is 85.7 cm³/mol. The van der Waals surface area contributed by atoms with Gasteiger partial charge < -0.3 is 14.4 Å². The molecule has 2 heterocycles. The van der Waals surface area contributed by atoms with Crippen molar-refractivity contribution in [1.29, 1.82) is 0 Å². The van der Waals surface area contributed by atoms with Crippen LogP contribution in [0.5, 0.6) is 5.75 Å². The van der Waals surface area contributed by atoms with E-state index in [9.17, 15) is 4.79 Å². The molecule has 22 heavy (non-hydrogen) atoms. The van der Waals surface area contributed by atoms with E-state index in [2.05, 4.69) is 9.88 Å². The van der Waals surface area contributed by atoms with Crippen molar-refractivity contribution in [3.05, 3.63) is 54.2 Å². The van der Waals surface area contributed by atoms with Gasteiger partial charge in [-0.05, 0) is 24.3 Å². The molecule has 3 rings (SSSR count). The van der Waals surface area contributed by atoms with Gasteiger partial charge >= 0.3 is 0 Å². The van der Waals surface area contributed by atoms with E-state index in [1.54, 1.807) is 25.3 Å². The lowest BCUT2D eigenvalue weighted by molar-refractivity contribution is 0.112. The van der Waals surface area contributed by atoms with Gasteiger partial charge in [-0.2, -0.15) is 0 Å². The third-order valence-electron chi connectivity index (χ3n) is 3.25. The van der Waals surface area contributed by atoms with E-state index in [-0.39, 0.29) is 0 Å². The molecule has 1 saturated heterocycles. The van der Waals surface area contributed by atoms with E-state index in [1.165, 1.54) is 0 Å². The molecule has 0 amide bonds. The molecule has 0 aliphatic carbocycles. The first-order chi connectivity index (χ1) is 10.8. The fourth-order valence-electron chi connectivity index (χ4n) is 2.10. The van der Waals surface area contributed by atoms with Crippen molar-refractivity contribution in [1.82, 2.24) is 4.98 Å². The molecule has 116 valence electrons. The molecule has 0 bridgehead atoms. The quantitative estimate of drug-likeness (QED) is 0.815. The first kappa shape index (κ1) is 16.0. The summed E-state index contributed by atoms with van der Waals surface area (Å²) in [6, 6.07) is 13.1. The standard InChI is InChI=1S/C9H12N2O.C8H8O2/c1-2-4-10-9(3-1)11-5-7-12-8-6-11;1-10-8-5-3-2-4-7(8)6-9/h1-4H,5-8H2;2-6H,1H3. The van der Waals surface area contributed by atoms with E-state index in [4.69, 9.17) is 9.47 Å². The Bertz CT molecular complexity index is 569. The Morgan fingerprint density at radius 1 is 1.14 bits per heavy atom. The number of benzene rings is 1. The molecule has 0 unspecified atom stereocenters. The Morgan fingerprint density at radius 2 is 1.86 bits per heavy atom. The largest absolute Gasteiger partial charge is 0.496 e. The van der Waals surface area contributed by atoms with Crippen LogP contribution in [0, 0.1) is 0 Å². The lowest BCUT2D eigenvalue weighted by Crippen LogP contribution is -2.36. The summed E-state index contributed by atoms with van der Waals surface area (Å²) < 4.78 is 10.2. The van der Waals surface area contributed by atoms with Crippen LogP contribution < -0.4 is 9.64 Å². The van der Waals surface area contributed by atoms with Gasteiger partial charge in [0.15, 0.2) is 6.29 Å². The molecule has 1 fully saturated rings. The number of pyridine rings is 1. The van der Waals surface area contributed by atoms with E-state index in [0.717, 1.165) is 38.4 Å². The molecular formula is C17H20N2O3. The van der Waals surface area contributed by atoms with Crippen LogP contribution >= 0.6 is 0 Å². The topological polar surface area (TPSA) is 51.7 Å². The van der Waals surface area contributed by atoms with Gasteiger partial charge in [0.1, 0.15) is 11.6 Å². The van der Waals surface area contributed by atoms with Gasteiger partial charge in [-0.3, -0.25) is 4.79 Å². The Balaban J connectivity index is 0.000000164. The zero-order chi connectivity index (χ0) is 15.6. The Hall–Kier alpha value is -2.40. The Labute approximate surface area is 130 Å². The minimum atomic E-state index is 0.588. The number of rotatable bonds is 3. The molecule has 1 aromatic heterocycles. The van der Waals surface area contributed by atoms with Crippen molar-refractivity contribution in [2.75, 3.05) is 38.3 Å². The molecule has 5 nitrogen and oxygen atoms in total. The highest BCUT2D eigenvalue weighted by molar-refractivity contribution is 5.79. The van der Waals surface area contributed by atoms with E-state index in [0.29, 0.717) is 11.3 Å². The molecule has 0 radical (unpaired) electrons. The highest BCUT2D eigenvalue weighted by atomic mass is 16.5. The van der Waals surface area contributed by atoms with Crippen molar-refractivity contribution >= 4 is 12.1 Å². The number of nitrogens with zero attached hydrogens (tertiary/aromatic N) is 2. The van der Waals surface area contributed by atoms with Gasteiger partial charge in [-0.25, -0.2) is 4.98 Å². The third kappa shape index (κ3) is 4.56. The molecule has 0 spiro atoms. The minimum Gasteiger partial charge on any atom is -0.496 e. The molecule has 5 heteroatoms. The fraction of sp³-hybridized carbons (Fsp3) is 0.294. The average molecular weight is 300 g/mol. The number of aldehydes is 1. The first-order valence-electron chi connectivity index (χ1n) is 7.17. The highest BCUT2D eigenvalue weighted by Crippen LogP contribution is 2.13. The number of carbonyl (C=O) groups excluding carboxylic acids is 1. The number of carbonyl (C=O) groups is 1. The zero-order valence-corrected chi connectivity index (χ0v) is 12.6. The van der Waals surface area contributed by atoms with Gasteiger partial charge in [-0.1, -0.05) is 18.2 Å². The van der Waals surface area contributed by atoms with Crippen LogP contribution in [0.4, 0.5) is 5.82 Å². The highest BCUT2D eigenvalue weighted by Gasteiger charge is 2.10. The van der Waals surface area contributed by atoms with Crippen molar-refractivity contribution in [3.63, 3.8) is 0 Å². The molecule has 1 aliphatic heterocycles. The van der Waals surface area contributed by atoms with Crippen LogP contribution in [0.3, 0.4) is 0 Å². The average Bonchev–Trinajstić information content (AvgIpc) is 2.63. The molecule has 2 aromatic rings. The molecule has 0 saturated carbocycles. The second-order valence-electron chi connectivity index (χ2n) is 4.65. The van der Waals surface area contributed by atoms with E-state index < -0.39 is 0 Å². The van der Waals surface area contributed by atoms with E-state index in [1.807, 2.05) is 30.5 Å². The minimum absolute atomic E-state index is 0.588. The summed E-state index contributed by atoms with van der Waals surface area (Å²) in [5, 5.41) is 0. The van der Waals surface area contributed by atoms with E-state index >= 15 is 0 Å². The molecule has 0 N–H and O–H groups in total. The van der Waals surface area contributed by atoms with Crippen LogP contribution in [0.2, 0.25) is 0 Å². The first-order valence-corrected chi connectivity index (χ1v) is 7.17. The summed E-state index contributed by atoms with van der Waals surface area (Å²) in [6.07, 6.45) is 2.60. The number of aromatic nitrogens is 1. The zero-order valence-electron chi connectivity index (χ0n) is 12.6. The normalized spacial score (nSPS) is 13.8. The Morgan fingerprint density at radius 3 is 2.45 bits per heavy atom. The van der Waals surface area contributed by atoms with Gasteiger partial charge in [0.2, 0.25) is 0 Å². The number of para-hydroxylation sites is 1. The maximum Gasteiger partial charge on any atom is 0.153 e. The molecule has 0 atom stereocenters. The van der Waals surface area contributed by atoms with Gasteiger partial charge in [0, 0.05) is 19.3 Å². The maximum atomic E-state index is 10.3. The number of morpholine rings is 1. The summed E-state index contributed by atoms with van der Waals surface area (Å²) in [4.78, 5) is 16.8. The Kier molecular flexibility index (Phi) is 6.39. The van der Waals surface area contributed by atoms with Crippen LogP contribution in [0.1, 0.15) is 10.4 Å². The lowest BCUT2D eigenvalue weighted by Gasteiger charge is -2.27. The van der Waals surface area contributed by atoms with Gasteiger partial charge in [0.05, 0.1) is 25.9 Å². The van der Waals surface area contributed by atoms with Crippen molar-refractivity contribution in [2.45, 2.75) is 0 Å². The molecular weight excluding hydrogens is 280 g/mol. The maximum absolute atomic E-state index is 10.3. The molecule has 1 aromatic carbocycles. The number of anilines is 1. The summed E-state index contributed by atoms with van der Waals surface area (Å²) in [5.74, 6) is 1.68. The number of ether oxygens (including phenoxy) is 2. The second kappa shape index (κ2) is 8.79.